The lowest BCUT2D eigenvalue weighted by Crippen LogP contribution is -2.32. The molecule has 23 heavy (non-hydrogen) atoms. The molecule has 3 rings (SSSR count). The molecular weight excluding hydrogens is 357 g/mol. The van der Waals surface area contributed by atoms with E-state index >= 15 is 0 Å². The molecule has 0 spiro atoms. The number of benzene rings is 1. The normalized spacial score (nSPS) is 24.5. The maximum Gasteiger partial charge on any atom is 0.387 e. The Balaban J connectivity index is 0.00000192. The van der Waals surface area contributed by atoms with Crippen molar-refractivity contribution in [3.63, 3.8) is 0 Å². The highest BCUT2D eigenvalue weighted by Gasteiger charge is 2.41. The number of nitrogens with zero attached hydrogens (tertiary/aromatic N) is 1. The van der Waals surface area contributed by atoms with E-state index in [0.717, 1.165) is 31.3 Å². The van der Waals surface area contributed by atoms with E-state index in [1.54, 1.807) is 0 Å². The molecule has 2 atom stereocenters. The molecule has 10 heteroatoms. The Kier molecular flexibility index (Phi) is 5.44. The van der Waals surface area contributed by atoms with E-state index in [2.05, 4.69) is 10.1 Å². The third-order valence-electron chi connectivity index (χ3n) is 4.11. The van der Waals surface area contributed by atoms with Crippen LogP contribution in [-0.4, -0.2) is 45.5 Å². The van der Waals surface area contributed by atoms with E-state index in [-0.39, 0.29) is 29.1 Å². The fourth-order valence-corrected chi connectivity index (χ4v) is 4.56. The Morgan fingerprint density at radius 2 is 1.83 bits per heavy atom. The number of nitrogens with one attached hydrogen (secondary N) is 1. The molecule has 1 aromatic rings. The van der Waals surface area contributed by atoms with Crippen molar-refractivity contribution in [3.05, 3.63) is 24.0 Å². The molecular formula is C13H16ClF3N2O3S. The van der Waals surface area contributed by atoms with E-state index in [0.29, 0.717) is 13.1 Å². The van der Waals surface area contributed by atoms with Crippen LogP contribution in [-0.2, 0) is 10.0 Å². The van der Waals surface area contributed by atoms with Crippen LogP contribution in [0.15, 0.2) is 23.1 Å². The Bertz CT molecular complexity index is 662. The number of halogens is 4. The molecule has 2 heterocycles. The van der Waals surface area contributed by atoms with E-state index in [4.69, 9.17) is 0 Å². The molecule has 0 radical (unpaired) electrons. The largest absolute Gasteiger partial charge is 0.432 e. The van der Waals surface area contributed by atoms with Crippen LogP contribution in [0.3, 0.4) is 0 Å². The fraction of sp³-hybridized carbons (Fsp3) is 0.538. The zero-order valence-corrected chi connectivity index (χ0v) is 13.5. The first-order valence-corrected chi connectivity index (χ1v) is 8.27. The van der Waals surface area contributed by atoms with Crippen molar-refractivity contribution in [2.24, 2.45) is 11.8 Å². The van der Waals surface area contributed by atoms with E-state index in [1.165, 1.54) is 4.31 Å². The maximum absolute atomic E-state index is 13.7. The fourth-order valence-electron chi connectivity index (χ4n) is 2.99. The summed E-state index contributed by atoms with van der Waals surface area (Å²) in [6, 6.07) is 2.72. The number of alkyl halides is 2. The Morgan fingerprint density at radius 3 is 2.35 bits per heavy atom. The maximum atomic E-state index is 13.7. The number of fused-ring (bicyclic) bond motifs is 1. The smallest absolute Gasteiger partial charge is 0.387 e. The number of rotatable bonds is 4. The van der Waals surface area contributed by atoms with Gasteiger partial charge in [-0.3, -0.25) is 0 Å². The molecule has 1 N–H and O–H groups in total. The zero-order chi connectivity index (χ0) is 15.9. The summed E-state index contributed by atoms with van der Waals surface area (Å²) >= 11 is 0. The van der Waals surface area contributed by atoms with E-state index < -0.39 is 28.2 Å². The summed E-state index contributed by atoms with van der Waals surface area (Å²) in [4.78, 5) is -0.250. The lowest BCUT2D eigenvalue weighted by atomic mass is 10.0. The Labute approximate surface area is 138 Å². The van der Waals surface area contributed by atoms with Crippen LogP contribution >= 0.6 is 12.4 Å². The van der Waals surface area contributed by atoms with Crippen molar-refractivity contribution >= 4 is 22.4 Å². The van der Waals surface area contributed by atoms with Crippen LogP contribution in [0.1, 0.15) is 0 Å². The predicted molar refractivity (Wildman–Crippen MR) is 78.9 cm³/mol. The minimum atomic E-state index is -3.83. The molecule has 2 aliphatic rings. The van der Waals surface area contributed by atoms with Gasteiger partial charge in [-0.05, 0) is 43.1 Å². The van der Waals surface area contributed by atoms with Crippen molar-refractivity contribution < 1.29 is 26.3 Å². The van der Waals surface area contributed by atoms with Crippen molar-refractivity contribution in [2.45, 2.75) is 11.5 Å². The summed E-state index contributed by atoms with van der Waals surface area (Å²) in [6.45, 7) is -0.853. The minimum absolute atomic E-state index is 0. The van der Waals surface area contributed by atoms with Crippen molar-refractivity contribution in [3.8, 4) is 5.75 Å². The standard InChI is InChI=1S/C13H15F3N2O3S.ClH/c14-11-3-10(1-2-12(11)21-13(15)16)22(19,20)18-6-8-4-17-5-9(8)7-18;/h1-3,8-9,13,17H,4-7H2;1H/t8-,9+;. The third-order valence-corrected chi connectivity index (χ3v) is 5.94. The predicted octanol–water partition coefficient (Wildman–Crippen LogP) is 1.69. The van der Waals surface area contributed by atoms with E-state index in [9.17, 15) is 21.6 Å². The lowest BCUT2D eigenvalue weighted by Gasteiger charge is -2.18. The molecule has 0 unspecified atom stereocenters. The highest BCUT2D eigenvalue weighted by atomic mass is 35.5. The van der Waals surface area contributed by atoms with Crippen LogP contribution in [0.4, 0.5) is 13.2 Å². The molecule has 0 aliphatic carbocycles. The van der Waals surface area contributed by atoms with Gasteiger partial charge in [0.15, 0.2) is 11.6 Å². The van der Waals surface area contributed by atoms with E-state index in [1.807, 2.05) is 0 Å². The highest BCUT2D eigenvalue weighted by molar-refractivity contribution is 7.89. The molecule has 0 amide bonds. The first-order chi connectivity index (χ1) is 10.4. The van der Waals surface area contributed by atoms with Crippen LogP contribution < -0.4 is 10.1 Å². The number of sulfonamides is 1. The second-order valence-electron chi connectivity index (χ2n) is 5.47. The number of hydrogen-bond acceptors (Lipinski definition) is 4. The minimum Gasteiger partial charge on any atom is -0.432 e. The first-order valence-electron chi connectivity index (χ1n) is 6.83. The molecule has 0 aromatic heterocycles. The summed E-state index contributed by atoms with van der Waals surface area (Å²) < 4.78 is 68.2. The SMILES string of the molecule is Cl.O=S(=O)(c1ccc(OC(F)F)c(F)c1)N1C[C@H]2CNC[C@H]2C1. The van der Waals surface area contributed by atoms with Gasteiger partial charge < -0.3 is 10.1 Å². The van der Waals surface area contributed by atoms with Gasteiger partial charge in [-0.15, -0.1) is 12.4 Å². The molecule has 0 bridgehead atoms. The quantitative estimate of drug-likeness (QED) is 0.873. The molecule has 0 saturated carbocycles. The number of hydrogen-bond donors (Lipinski definition) is 1. The number of ether oxygens (including phenoxy) is 1. The van der Waals surface area contributed by atoms with Gasteiger partial charge in [0.05, 0.1) is 4.90 Å². The molecule has 2 fully saturated rings. The average Bonchev–Trinajstić information content (AvgIpc) is 3.01. The summed E-state index contributed by atoms with van der Waals surface area (Å²) in [7, 11) is -3.83. The molecule has 1 aromatic carbocycles. The summed E-state index contributed by atoms with van der Waals surface area (Å²) in [6.07, 6.45) is 0. The van der Waals surface area contributed by atoms with Gasteiger partial charge in [0.1, 0.15) is 0 Å². The Hall–Kier alpha value is -1.03. The second kappa shape index (κ2) is 6.84. The summed E-state index contributed by atoms with van der Waals surface area (Å²) in [5.41, 5.74) is 0. The highest BCUT2D eigenvalue weighted by Crippen LogP contribution is 2.32. The first kappa shape index (κ1) is 18.3. The van der Waals surface area contributed by atoms with Gasteiger partial charge in [-0.1, -0.05) is 0 Å². The second-order valence-corrected chi connectivity index (χ2v) is 7.41. The van der Waals surface area contributed by atoms with Gasteiger partial charge in [0, 0.05) is 13.1 Å². The van der Waals surface area contributed by atoms with Crippen molar-refractivity contribution in [1.29, 1.82) is 0 Å². The van der Waals surface area contributed by atoms with Crippen molar-refractivity contribution in [2.75, 3.05) is 26.2 Å². The van der Waals surface area contributed by atoms with Gasteiger partial charge in [-0.25, -0.2) is 12.8 Å². The van der Waals surface area contributed by atoms with Gasteiger partial charge in [-0.2, -0.15) is 13.1 Å². The molecule has 5 nitrogen and oxygen atoms in total. The summed E-state index contributed by atoms with van der Waals surface area (Å²) in [5.74, 6) is -1.26. The Morgan fingerprint density at radius 1 is 1.22 bits per heavy atom. The van der Waals surface area contributed by atoms with Crippen LogP contribution in [0.2, 0.25) is 0 Å². The summed E-state index contributed by atoms with van der Waals surface area (Å²) in [5, 5.41) is 3.20. The van der Waals surface area contributed by atoms with Gasteiger partial charge in [0.25, 0.3) is 0 Å². The van der Waals surface area contributed by atoms with Crippen LogP contribution in [0.5, 0.6) is 5.75 Å². The monoisotopic (exact) mass is 372 g/mol. The third kappa shape index (κ3) is 3.57. The van der Waals surface area contributed by atoms with Crippen LogP contribution in [0, 0.1) is 17.7 Å². The van der Waals surface area contributed by atoms with Crippen LogP contribution in [0.25, 0.3) is 0 Å². The molecule has 2 saturated heterocycles. The average molecular weight is 373 g/mol. The van der Waals surface area contributed by atoms with Crippen molar-refractivity contribution in [1.82, 2.24) is 9.62 Å². The topological polar surface area (TPSA) is 58.6 Å². The lowest BCUT2D eigenvalue weighted by molar-refractivity contribution is -0.0522. The van der Waals surface area contributed by atoms with Gasteiger partial charge >= 0.3 is 6.61 Å². The molecule has 130 valence electrons. The zero-order valence-electron chi connectivity index (χ0n) is 11.9. The molecule has 2 aliphatic heterocycles. The van der Waals surface area contributed by atoms with Gasteiger partial charge in [0.2, 0.25) is 10.0 Å².